The van der Waals surface area contributed by atoms with Gasteiger partial charge in [0.25, 0.3) is 0 Å². The first kappa shape index (κ1) is 16.4. The van der Waals surface area contributed by atoms with Crippen LogP contribution in [0.2, 0.25) is 0 Å². The molecule has 1 N–H and O–H groups in total. The number of likely N-dealkylation sites (tertiary alicyclic amines) is 1. The van der Waals surface area contributed by atoms with Crippen LogP contribution in [-0.2, 0) is 0 Å². The lowest BCUT2D eigenvalue weighted by atomic mass is 9.80. The van der Waals surface area contributed by atoms with E-state index in [1.165, 1.54) is 0 Å². The van der Waals surface area contributed by atoms with Crippen molar-refractivity contribution in [2.24, 2.45) is 5.92 Å². The molecule has 1 aliphatic heterocycles. The van der Waals surface area contributed by atoms with Gasteiger partial charge in [0.2, 0.25) is 0 Å². The maximum atomic E-state index is 10.7. The third-order valence-electron chi connectivity index (χ3n) is 4.17. The van der Waals surface area contributed by atoms with E-state index < -0.39 is 5.60 Å². The first-order chi connectivity index (χ1) is 9.90. The van der Waals surface area contributed by atoms with Gasteiger partial charge in [0, 0.05) is 29.4 Å². The summed E-state index contributed by atoms with van der Waals surface area (Å²) in [7, 11) is 2.09. The molecule has 21 heavy (non-hydrogen) atoms. The van der Waals surface area contributed by atoms with Gasteiger partial charge in [-0.2, -0.15) is 0 Å². The van der Waals surface area contributed by atoms with Crippen LogP contribution in [0.25, 0.3) is 0 Å². The van der Waals surface area contributed by atoms with Crippen molar-refractivity contribution in [3.05, 3.63) is 28.7 Å². The molecule has 2 rings (SSSR count). The quantitative estimate of drug-likeness (QED) is 0.831. The molecule has 1 aliphatic rings. The molecule has 114 valence electrons. The molecule has 0 saturated carbocycles. The van der Waals surface area contributed by atoms with E-state index >= 15 is 0 Å². The monoisotopic (exact) mass is 351 g/mol. The summed E-state index contributed by atoms with van der Waals surface area (Å²) in [5, 5.41) is 10.7. The van der Waals surface area contributed by atoms with Crippen LogP contribution in [0.5, 0.6) is 5.75 Å². The Morgan fingerprint density at radius 1 is 1.38 bits per heavy atom. The van der Waals surface area contributed by atoms with Crippen molar-refractivity contribution in [2.45, 2.75) is 31.9 Å². The number of ether oxygens (including phenoxy) is 1. The summed E-state index contributed by atoms with van der Waals surface area (Å²) in [6, 6.07) is 7.98. The zero-order valence-electron chi connectivity index (χ0n) is 12.8. The van der Waals surface area contributed by atoms with Crippen molar-refractivity contribution in [2.75, 3.05) is 20.2 Å². The highest BCUT2D eigenvalue weighted by Crippen LogP contribution is 2.30. The molecule has 0 bridgehead atoms. The molecule has 1 aromatic rings. The smallest absolute Gasteiger partial charge is 0.149 e. The lowest BCUT2D eigenvalue weighted by Gasteiger charge is -2.42. The van der Waals surface area contributed by atoms with Gasteiger partial charge in [0.1, 0.15) is 18.0 Å². The Morgan fingerprint density at radius 2 is 2.05 bits per heavy atom. The average molecular weight is 352 g/mol. The number of benzene rings is 1. The van der Waals surface area contributed by atoms with E-state index in [0.29, 0.717) is 19.1 Å². The summed E-state index contributed by atoms with van der Waals surface area (Å²) >= 11 is 3.38. The molecule has 0 amide bonds. The van der Waals surface area contributed by atoms with Gasteiger partial charge in [0.15, 0.2) is 0 Å². The molecule has 0 radical (unpaired) electrons. The van der Waals surface area contributed by atoms with Crippen molar-refractivity contribution in [3.8, 4) is 17.6 Å². The number of hydrogen-bond donors (Lipinski definition) is 1. The topological polar surface area (TPSA) is 32.7 Å². The number of halogens is 1. The zero-order chi connectivity index (χ0) is 15.5. The molecular formula is C17H22BrNO2. The number of nitrogens with zero attached hydrogens (tertiary/aromatic N) is 1. The van der Waals surface area contributed by atoms with E-state index in [1.54, 1.807) is 0 Å². The highest BCUT2D eigenvalue weighted by atomic mass is 79.9. The fourth-order valence-corrected chi connectivity index (χ4v) is 2.85. The fourth-order valence-electron chi connectivity index (χ4n) is 2.58. The van der Waals surface area contributed by atoms with E-state index in [4.69, 9.17) is 4.74 Å². The van der Waals surface area contributed by atoms with E-state index in [0.717, 1.165) is 16.8 Å². The molecule has 3 atom stereocenters. The summed E-state index contributed by atoms with van der Waals surface area (Å²) in [4.78, 5) is 2.26. The van der Waals surface area contributed by atoms with Crippen LogP contribution in [0.4, 0.5) is 0 Å². The van der Waals surface area contributed by atoms with Crippen molar-refractivity contribution >= 4 is 15.9 Å². The van der Waals surface area contributed by atoms with Gasteiger partial charge >= 0.3 is 0 Å². The molecule has 1 aromatic carbocycles. The Morgan fingerprint density at radius 3 is 2.71 bits per heavy atom. The maximum Gasteiger partial charge on any atom is 0.149 e. The summed E-state index contributed by atoms with van der Waals surface area (Å²) in [5.41, 5.74) is -0.908. The largest absolute Gasteiger partial charge is 0.481 e. The van der Waals surface area contributed by atoms with Gasteiger partial charge in [-0.3, -0.25) is 0 Å². The minimum absolute atomic E-state index is 0.138. The third-order valence-corrected chi connectivity index (χ3v) is 4.69. The van der Waals surface area contributed by atoms with Gasteiger partial charge in [-0.1, -0.05) is 34.7 Å². The van der Waals surface area contributed by atoms with Gasteiger partial charge in [0.05, 0.1) is 0 Å². The highest BCUT2D eigenvalue weighted by molar-refractivity contribution is 9.10. The molecule has 1 heterocycles. The van der Waals surface area contributed by atoms with Crippen LogP contribution >= 0.6 is 15.9 Å². The standard InChI is InChI=1S/C17H22BrNO2/c1-13-12-19(3)14(2)11-17(13,20)9-4-10-21-16-7-5-15(18)6-8-16/h5-8,13-14,20H,10-12H2,1-3H3/t13-,14+,17-/m1/s1. The Bertz CT molecular complexity index is 534. The Hall–Kier alpha value is -1.02. The summed E-state index contributed by atoms with van der Waals surface area (Å²) in [6.07, 6.45) is 0.677. The van der Waals surface area contributed by atoms with Crippen molar-refractivity contribution in [3.63, 3.8) is 0 Å². The average Bonchev–Trinajstić information content (AvgIpc) is 2.44. The minimum atomic E-state index is -0.908. The number of aliphatic hydroxyl groups is 1. The van der Waals surface area contributed by atoms with Crippen LogP contribution in [0.3, 0.4) is 0 Å². The maximum absolute atomic E-state index is 10.7. The van der Waals surface area contributed by atoms with Crippen molar-refractivity contribution < 1.29 is 9.84 Å². The Balaban J connectivity index is 1.93. The molecule has 1 saturated heterocycles. The van der Waals surface area contributed by atoms with Crippen LogP contribution < -0.4 is 4.74 Å². The van der Waals surface area contributed by atoms with Crippen LogP contribution in [0.15, 0.2) is 28.7 Å². The van der Waals surface area contributed by atoms with Crippen molar-refractivity contribution in [1.82, 2.24) is 4.90 Å². The second-order valence-electron chi connectivity index (χ2n) is 5.86. The van der Waals surface area contributed by atoms with E-state index in [1.807, 2.05) is 31.2 Å². The number of hydrogen-bond acceptors (Lipinski definition) is 3. The van der Waals surface area contributed by atoms with Crippen LogP contribution in [0, 0.1) is 17.8 Å². The van der Waals surface area contributed by atoms with Crippen molar-refractivity contribution in [1.29, 1.82) is 0 Å². The van der Waals surface area contributed by atoms with E-state index in [9.17, 15) is 5.11 Å². The van der Waals surface area contributed by atoms with E-state index in [-0.39, 0.29) is 5.92 Å². The van der Waals surface area contributed by atoms with Gasteiger partial charge < -0.3 is 14.7 Å². The second-order valence-corrected chi connectivity index (χ2v) is 6.78. The molecule has 0 aliphatic carbocycles. The van der Waals surface area contributed by atoms with Gasteiger partial charge in [-0.15, -0.1) is 0 Å². The van der Waals surface area contributed by atoms with Crippen LogP contribution in [-0.4, -0.2) is 41.8 Å². The zero-order valence-corrected chi connectivity index (χ0v) is 14.4. The molecule has 0 unspecified atom stereocenters. The SMILES string of the molecule is C[C@@H]1CN(C)[C@@H](C)C[C@]1(O)C#CCOc1ccc(Br)cc1. The van der Waals surface area contributed by atoms with Crippen LogP contribution in [0.1, 0.15) is 20.3 Å². The first-order valence-electron chi connectivity index (χ1n) is 7.22. The summed E-state index contributed by atoms with van der Waals surface area (Å²) in [6.45, 7) is 5.32. The second kappa shape index (κ2) is 6.83. The molecule has 1 fully saturated rings. The molecule has 0 aromatic heterocycles. The fraction of sp³-hybridized carbons (Fsp3) is 0.529. The summed E-state index contributed by atoms with van der Waals surface area (Å²) < 4.78 is 6.58. The number of piperidine rings is 1. The molecular weight excluding hydrogens is 330 g/mol. The minimum Gasteiger partial charge on any atom is -0.481 e. The third kappa shape index (κ3) is 4.23. The lowest BCUT2D eigenvalue weighted by molar-refractivity contribution is -0.0347. The van der Waals surface area contributed by atoms with Gasteiger partial charge in [-0.05, 0) is 38.2 Å². The Kier molecular flexibility index (Phi) is 5.32. The molecule has 0 spiro atoms. The Labute approximate surface area is 135 Å². The first-order valence-corrected chi connectivity index (χ1v) is 8.01. The predicted octanol–water partition coefficient (Wildman–Crippen LogP) is 2.92. The van der Waals surface area contributed by atoms with Gasteiger partial charge in [-0.25, -0.2) is 0 Å². The predicted molar refractivity (Wildman–Crippen MR) is 88.2 cm³/mol. The molecule has 4 heteroatoms. The normalized spacial score (nSPS) is 29.6. The summed E-state index contributed by atoms with van der Waals surface area (Å²) in [5.74, 6) is 6.92. The lowest BCUT2D eigenvalue weighted by Crippen LogP contribution is -2.52. The molecule has 3 nitrogen and oxygen atoms in total. The highest BCUT2D eigenvalue weighted by Gasteiger charge is 2.39. The van der Waals surface area contributed by atoms with E-state index in [2.05, 4.69) is 46.6 Å². The number of rotatable bonds is 2.